The topological polar surface area (TPSA) is 6.48 Å². The summed E-state index contributed by atoms with van der Waals surface area (Å²) in [5.74, 6) is 0. The van der Waals surface area contributed by atoms with Crippen LogP contribution in [0.4, 0.5) is 0 Å². The highest BCUT2D eigenvalue weighted by molar-refractivity contribution is 7.13. The molecule has 2 aliphatic rings. The Hall–Kier alpha value is 0.350. The second-order valence-electron chi connectivity index (χ2n) is 3.51. The molecule has 0 spiro atoms. The summed E-state index contributed by atoms with van der Waals surface area (Å²) >= 11 is 0. The molecule has 58 valence electrons. The van der Waals surface area contributed by atoms with Gasteiger partial charge in [-0.15, -0.1) is 0 Å². The summed E-state index contributed by atoms with van der Waals surface area (Å²) in [6.07, 6.45) is 2.75. The van der Waals surface area contributed by atoms with E-state index in [2.05, 4.69) is 26.0 Å². The summed E-state index contributed by atoms with van der Waals surface area (Å²) in [6, 6.07) is 1.71. The molecule has 2 fully saturated rings. The zero-order valence-electron chi connectivity index (χ0n) is 6.45. The summed E-state index contributed by atoms with van der Waals surface area (Å²) in [5.41, 5.74) is 0. The van der Waals surface area contributed by atoms with Crippen LogP contribution in [0.5, 0.6) is 0 Å². The molecule has 10 heavy (non-hydrogen) atoms. The number of hydrogen-bond donors (Lipinski definition) is 0. The van der Waals surface area contributed by atoms with Crippen LogP contribution in [0.1, 0.15) is 12.8 Å². The molecular formula is C7H15N2P. The summed E-state index contributed by atoms with van der Waals surface area (Å²) in [7, 11) is 5.08. The molecule has 2 aliphatic heterocycles. The number of likely N-dealkylation sites (tertiary alicyclic amines) is 1. The Kier molecular flexibility index (Phi) is 1.71. The van der Waals surface area contributed by atoms with Crippen LogP contribution in [0.25, 0.3) is 0 Å². The largest absolute Gasteiger partial charge is 0.302 e. The predicted octanol–water partition coefficient (Wildman–Crippen LogP) is 0.555. The maximum Gasteiger partial charge on any atom is 0.0238 e. The SMILES string of the molecule is CN1CCC2CC1CN2P. The predicted molar refractivity (Wildman–Crippen MR) is 45.9 cm³/mol. The fraction of sp³-hybridized carbons (Fsp3) is 1.00. The van der Waals surface area contributed by atoms with Crippen LogP contribution in [-0.4, -0.2) is 41.8 Å². The first-order chi connectivity index (χ1) is 4.77. The minimum atomic E-state index is 0.844. The summed E-state index contributed by atoms with van der Waals surface area (Å²) in [5, 5.41) is 0. The van der Waals surface area contributed by atoms with Crippen molar-refractivity contribution in [2.75, 3.05) is 20.1 Å². The van der Waals surface area contributed by atoms with Gasteiger partial charge in [-0.1, -0.05) is 9.39 Å². The van der Waals surface area contributed by atoms with Gasteiger partial charge in [0.25, 0.3) is 0 Å². The summed E-state index contributed by atoms with van der Waals surface area (Å²) in [6.45, 7) is 2.55. The summed E-state index contributed by atoms with van der Waals surface area (Å²) in [4.78, 5) is 2.49. The fourth-order valence-corrected chi connectivity index (χ4v) is 2.57. The Morgan fingerprint density at radius 3 is 2.90 bits per heavy atom. The van der Waals surface area contributed by atoms with E-state index in [-0.39, 0.29) is 0 Å². The zero-order chi connectivity index (χ0) is 7.14. The third-order valence-electron chi connectivity index (χ3n) is 2.87. The Bertz CT molecular complexity index is 138. The molecule has 3 heteroatoms. The Labute approximate surface area is 64.8 Å². The minimum absolute atomic E-state index is 0.844. The molecule has 2 nitrogen and oxygen atoms in total. The number of likely N-dealkylation sites (N-methyl/N-ethyl adjacent to an activating group) is 1. The first kappa shape index (κ1) is 7.02. The van der Waals surface area contributed by atoms with E-state index >= 15 is 0 Å². The number of rotatable bonds is 0. The lowest BCUT2D eigenvalue weighted by Gasteiger charge is -2.28. The van der Waals surface area contributed by atoms with Crippen molar-refractivity contribution in [2.45, 2.75) is 24.9 Å². The molecular weight excluding hydrogens is 143 g/mol. The number of piperidine rings is 1. The molecule has 0 N–H and O–H groups in total. The highest BCUT2D eigenvalue weighted by Crippen LogP contribution is 2.30. The van der Waals surface area contributed by atoms with Gasteiger partial charge in [0.15, 0.2) is 0 Å². The third kappa shape index (κ3) is 0.990. The zero-order valence-corrected chi connectivity index (χ0v) is 7.61. The Morgan fingerprint density at radius 2 is 2.20 bits per heavy atom. The first-order valence-electron chi connectivity index (χ1n) is 3.99. The van der Waals surface area contributed by atoms with Crippen LogP contribution in [0, 0.1) is 0 Å². The van der Waals surface area contributed by atoms with Gasteiger partial charge in [-0.3, -0.25) is 4.67 Å². The highest BCUT2D eigenvalue weighted by Gasteiger charge is 2.35. The van der Waals surface area contributed by atoms with Crippen molar-refractivity contribution >= 4 is 9.39 Å². The van der Waals surface area contributed by atoms with E-state index in [9.17, 15) is 0 Å². The van der Waals surface area contributed by atoms with Crippen molar-refractivity contribution in [1.29, 1.82) is 0 Å². The highest BCUT2D eigenvalue weighted by atomic mass is 31.0. The van der Waals surface area contributed by atoms with Gasteiger partial charge in [-0.25, -0.2) is 0 Å². The van der Waals surface area contributed by atoms with Crippen molar-refractivity contribution in [3.63, 3.8) is 0 Å². The molecule has 0 saturated carbocycles. The van der Waals surface area contributed by atoms with Crippen LogP contribution in [0.3, 0.4) is 0 Å². The number of nitrogens with zero attached hydrogens (tertiary/aromatic N) is 2. The molecule has 0 amide bonds. The van der Waals surface area contributed by atoms with Crippen molar-refractivity contribution in [2.24, 2.45) is 0 Å². The van der Waals surface area contributed by atoms with Crippen molar-refractivity contribution in [3.05, 3.63) is 0 Å². The van der Waals surface area contributed by atoms with Crippen LogP contribution < -0.4 is 0 Å². The smallest absolute Gasteiger partial charge is 0.0238 e. The van der Waals surface area contributed by atoms with Gasteiger partial charge in [-0.05, 0) is 26.4 Å². The Balaban J connectivity index is 2.08. The van der Waals surface area contributed by atoms with Gasteiger partial charge in [0.2, 0.25) is 0 Å². The van der Waals surface area contributed by atoms with Crippen molar-refractivity contribution < 1.29 is 0 Å². The second kappa shape index (κ2) is 2.44. The molecule has 2 saturated heterocycles. The average molecular weight is 158 g/mol. The van der Waals surface area contributed by atoms with Gasteiger partial charge >= 0.3 is 0 Å². The summed E-state index contributed by atoms with van der Waals surface area (Å²) < 4.78 is 2.42. The molecule has 3 atom stereocenters. The molecule has 0 aromatic carbocycles. The van der Waals surface area contributed by atoms with E-state index in [4.69, 9.17) is 0 Å². The number of fused-ring (bicyclic) bond motifs is 2. The van der Waals surface area contributed by atoms with Crippen LogP contribution >= 0.6 is 9.39 Å². The van der Waals surface area contributed by atoms with Crippen LogP contribution in [-0.2, 0) is 0 Å². The van der Waals surface area contributed by atoms with E-state index in [1.54, 1.807) is 0 Å². The first-order valence-corrected chi connectivity index (χ1v) is 4.50. The van der Waals surface area contributed by atoms with Crippen LogP contribution in [0.2, 0.25) is 0 Å². The van der Waals surface area contributed by atoms with Gasteiger partial charge in [0, 0.05) is 18.6 Å². The maximum absolute atomic E-state index is 2.84. The molecule has 0 aromatic rings. The van der Waals surface area contributed by atoms with E-state index < -0.39 is 0 Å². The van der Waals surface area contributed by atoms with E-state index in [0.717, 1.165) is 12.1 Å². The third-order valence-corrected chi connectivity index (χ3v) is 3.51. The molecule has 2 bridgehead atoms. The lowest BCUT2D eigenvalue weighted by atomic mass is 10.0. The normalized spacial score (nSPS) is 42.6. The second-order valence-corrected chi connectivity index (χ2v) is 4.17. The van der Waals surface area contributed by atoms with E-state index in [1.165, 1.54) is 25.9 Å². The minimum Gasteiger partial charge on any atom is -0.302 e. The van der Waals surface area contributed by atoms with Crippen LogP contribution in [0.15, 0.2) is 0 Å². The number of hydrogen-bond acceptors (Lipinski definition) is 2. The lowest BCUT2D eigenvalue weighted by Crippen LogP contribution is -2.36. The fourth-order valence-electron chi connectivity index (χ4n) is 2.05. The van der Waals surface area contributed by atoms with Crippen molar-refractivity contribution in [1.82, 2.24) is 9.57 Å². The van der Waals surface area contributed by atoms with E-state index in [0.29, 0.717) is 0 Å². The maximum atomic E-state index is 2.84. The monoisotopic (exact) mass is 158 g/mol. The molecule has 3 unspecified atom stereocenters. The quantitative estimate of drug-likeness (QED) is 0.475. The molecule has 0 aromatic heterocycles. The van der Waals surface area contributed by atoms with Crippen molar-refractivity contribution in [3.8, 4) is 0 Å². The standard InChI is InChI=1S/C7H15N2P/c1-8-3-2-6-4-7(8)5-9(6)10/h6-7H,2-5,10H2,1H3. The Morgan fingerprint density at radius 1 is 1.40 bits per heavy atom. The van der Waals surface area contributed by atoms with Gasteiger partial charge < -0.3 is 4.90 Å². The molecule has 2 heterocycles. The molecule has 0 radical (unpaired) electrons. The molecule has 2 rings (SSSR count). The average Bonchev–Trinajstić information content (AvgIpc) is 2.21. The van der Waals surface area contributed by atoms with E-state index in [1.807, 2.05) is 0 Å². The van der Waals surface area contributed by atoms with Gasteiger partial charge in [-0.2, -0.15) is 0 Å². The molecule has 0 aliphatic carbocycles. The van der Waals surface area contributed by atoms with Gasteiger partial charge in [0.05, 0.1) is 0 Å². The van der Waals surface area contributed by atoms with Gasteiger partial charge in [0.1, 0.15) is 0 Å². The lowest BCUT2D eigenvalue weighted by molar-refractivity contribution is 0.216.